The van der Waals surface area contributed by atoms with Gasteiger partial charge in [-0.05, 0) is 92.2 Å². The lowest BCUT2D eigenvalue weighted by Gasteiger charge is -2.24. The van der Waals surface area contributed by atoms with Crippen molar-refractivity contribution in [3.05, 3.63) is 76.2 Å². The molecule has 0 aliphatic carbocycles. The van der Waals surface area contributed by atoms with Crippen molar-refractivity contribution in [3.8, 4) is 0 Å². The Hall–Kier alpha value is -1.56. The molecule has 2 aromatic carbocycles. The molecular weight excluding hydrogens is 312 g/mol. The number of aryl methyl sites for hydroxylation is 4. The van der Waals surface area contributed by atoms with Crippen molar-refractivity contribution in [1.82, 2.24) is 0 Å². The Morgan fingerprint density at radius 1 is 0.808 bits per heavy atom. The van der Waals surface area contributed by atoms with Crippen molar-refractivity contribution < 1.29 is 0 Å². The van der Waals surface area contributed by atoms with Gasteiger partial charge in [0, 0.05) is 0 Å². The normalized spacial score (nSPS) is 13.6. The summed E-state index contributed by atoms with van der Waals surface area (Å²) in [4.78, 5) is 0. The highest BCUT2D eigenvalue weighted by molar-refractivity contribution is 5.34. The minimum absolute atomic E-state index is 0.575. The molecule has 2 aromatic rings. The van der Waals surface area contributed by atoms with Crippen LogP contribution in [0.2, 0.25) is 0 Å². The second-order valence-corrected chi connectivity index (χ2v) is 8.08. The number of hydrogen-bond acceptors (Lipinski definition) is 0. The molecule has 0 aliphatic heterocycles. The molecule has 0 bridgehead atoms. The summed E-state index contributed by atoms with van der Waals surface area (Å²) in [6.07, 6.45) is 8.85. The number of benzene rings is 2. The first kappa shape index (κ1) is 20.7. The van der Waals surface area contributed by atoms with E-state index in [-0.39, 0.29) is 0 Å². The monoisotopic (exact) mass is 349 g/mol. The molecule has 0 fully saturated rings. The summed E-state index contributed by atoms with van der Waals surface area (Å²) >= 11 is 0. The maximum Gasteiger partial charge on any atom is -0.0128 e. The maximum atomic E-state index is 2.65. The fraction of sp³-hybridized carbons (Fsp3) is 0.500. The van der Waals surface area contributed by atoms with Crippen molar-refractivity contribution >= 4 is 0 Å². The maximum absolute atomic E-state index is 2.65. The Morgan fingerprint density at radius 2 is 1.46 bits per heavy atom. The first-order chi connectivity index (χ1) is 12.4. The lowest BCUT2D eigenvalue weighted by Crippen LogP contribution is -2.12. The molecule has 0 spiro atoms. The van der Waals surface area contributed by atoms with Crippen LogP contribution < -0.4 is 0 Å². The van der Waals surface area contributed by atoms with Crippen LogP contribution in [-0.2, 0) is 6.42 Å². The molecule has 0 N–H and O–H groups in total. The minimum Gasteiger partial charge on any atom is -0.0654 e. The molecule has 0 aliphatic rings. The van der Waals surface area contributed by atoms with Gasteiger partial charge < -0.3 is 0 Å². The summed E-state index contributed by atoms with van der Waals surface area (Å²) in [5, 5.41) is 0. The fourth-order valence-electron chi connectivity index (χ4n) is 3.70. The van der Waals surface area contributed by atoms with Gasteiger partial charge in [0.2, 0.25) is 0 Å². The summed E-state index contributed by atoms with van der Waals surface area (Å²) in [6, 6.07) is 14.0. The van der Waals surface area contributed by atoms with Crippen LogP contribution in [0.3, 0.4) is 0 Å². The van der Waals surface area contributed by atoms with Crippen LogP contribution in [-0.4, -0.2) is 0 Å². The van der Waals surface area contributed by atoms with Gasteiger partial charge in [0.05, 0.1) is 0 Å². The molecule has 2 unspecified atom stereocenters. The summed E-state index contributed by atoms with van der Waals surface area (Å²) in [6.45, 7) is 13.5. The van der Waals surface area contributed by atoms with Crippen LogP contribution in [0.4, 0.5) is 0 Å². The molecule has 0 nitrogen and oxygen atoms in total. The third-order valence-corrected chi connectivity index (χ3v) is 5.93. The molecule has 26 heavy (non-hydrogen) atoms. The molecule has 141 valence electrons. The van der Waals surface area contributed by atoms with E-state index >= 15 is 0 Å². The smallest absolute Gasteiger partial charge is 0.0128 e. The standard InChI is InChI=1S/C26H37/c1-7-9-10-25(26-14-12-20(4)22(6)16-26)18-23(8-2)17-24-13-11-19(3)21(5)15-24/h11-16,18,23,25H,7-10,17H2,1-6H3. The summed E-state index contributed by atoms with van der Waals surface area (Å²) in [5.41, 5.74) is 8.59. The topological polar surface area (TPSA) is 0 Å². The second kappa shape index (κ2) is 9.95. The van der Waals surface area contributed by atoms with Gasteiger partial charge in [-0.1, -0.05) is 69.5 Å². The third-order valence-electron chi connectivity index (χ3n) is 5.93. The van der Waals surface area contributed by atoms with Crippen molar-refractivity contribution in [2.45, 2.75) is 79.6 Å². The van der Waals surface area contributed by atoms with E-state index in [1.54, 1.807) is 0 Å². The predicted octanol–water partition coefficient (Wildman–Crippen LogP) is 7.67. The second-order valence-electron chi connectivity index (χ2n) is 8.08. The largest absolute Gasteiger partial charge is 0.0654 e. The highest BCUT2D eigenvalue weighted by Crippen LogP contribution is 2.32. The van der Waals surface area contributed by atoms with E-state index < -0.39 is 0 Å². The molecule has 0 heterocycles. The third kappa shape index (κ3) is 5.73. The molecule has 0 amide bonds. The predicted molar refractivity (Wildman–Crippen MR) is 116 cm³/mol. The Kier molecular flexibility index (Phi) is 7.94. The molecule has 2 atom stereocenters. The van der Waals surface area contributed by atoms with E-state index in [4.69, 9.17) is 0 Å². The average Bonchev–Trinajstić information content (AvgIpc) is 2.63. The van der Waals surface area contributed by atoms with E-state index in [0.29, 0.717) is 11.8 Å². The van der Waals surface area contributed by atoms with Gasteiger partial charge in [-0.2, -0.15) is 0 Å². The van der Waals surface area contributed by atoms with Crippen LogP contribution in [0.15, 0.2) is 36.4 Å². The van der Waals surface area contributed by atoms with Crippen molar-refractivity contribution in [2.24, 2.45) is 5.92 Å². The molecule has 0 heteroatoms. The number of rotatable bonds is 9. The molecular formula is C26H37. The van der Waals surface area contributed by atoms with Gasteiger partial charge in [0.15, 0.2) is 0 Å². The zero-order valence-corrected chi connectivity index (χ0v) is 17.7. The molecule has 0 aromatic heterocycles. The van der Waals surface area contributed by atoms with Crippen LogP contribution in [0.5, 0.6) is 0 Å². The van der Waals surface area contributed by atoms with Gasteiger partial charge in [-0.15, -0.1) is 0 Å². The lowest BCUT2D eigenvalue weighted by atomic mass is 9.81. The summed E-state index contributed by atoms with van der Waals surface area (Å²) in [7, 11) is 0. The van der Waals surface area contributed by atoms with Crippen molar-refractivity contribution in [3.63, 3.8) is 0 Å². The molecule has 0 saturated heterocycles. The molecule has 2 rings (SSSR count). The minimum atomic E-state index is 0.575. The zero-order chi connectivity index (χ0) is 19.1. The molecule has 1 radical (unpaired) electrons. The first-order valence-corrected chi connectivity index (χ1v) is 10.4. The Morgan fingerprint density at radius 3 is 2.04 bits per heavy atom. The SMILES string of the molecule is CCCCC([CH]C(CC)Cc1ccc(C)c(C)c1)c1ccc(C)c(C)c1. The quantitative estimate of drug-likeness (QED) is 0.436. The lowest BCUT2D eigenvalue weighted by molar-refractivity contribution is 0.506. The van der Waals surface area contributed by atoms with Gasteiger partial charge in [0.25, 0.3) is 0 Å². The zero-order valence-electron chi connectivity index (χ0n) is 17.7. The van der Waals surface area contributed by atoms with Gasteiger partial charge in [-0.25, -0.2) is 0 Å². The highest BCUT2D eigenvalue weighted by atomic mass is 14.2. The highest BCUT2D eigenvalue weighted by Gasteiger charge is 2.18. The summed E-state index contributed by atoms with van der Waals surface area (Å²) in [5.74, 6) is 1.21. The number of hydrogen-bond donors (Lipinski definition) is 0. The number of unbranched alkanes of at least 4 members (excludes halogenated alkanes) is 1. The Balaban J connectivity index is 2.15. The van der Waals surface area contributed by atoms with E-state index in [1.807, 2.05) is 0 Å². The van der Waals surface area contributed by atoms with Crippen LogP contribution in [0.25, 0.3) is 0 Å². The van der Waals surface area contributed by atoms with Crippen molar-refractivity contribution in [2.75, 3.05) is 0 Å². The van der Waals surface area contributed by atoms with Crippen LogP contribution in [0, 0.1) is 40.0 Å². The fourth-order valence-corrected chi connectivity index (χ4v) is 3.70. The van der Waals surface area contributed by atoms with Crippen LogP contribution in [0.1, 0.15) is 78.8 Å². The van der Waals surface area contributed by atoms with Crippen LogP contribution >= 0.6 is 0 Å². The summed E-state index contributed by atoms with van der Waals surface area (Å²) < 4.78 is 0. The van der Waals surface area contributed by atoms with E-state index in [2.05, 4.69) is 84.4 Å². The van der Waals surface area contributed by atoms with Gasteiger partial charge in [0.1, 0.15) is 0 Å². The van der Waals surface area contributed by atoms with Crippen molar-refractivity contribution in [1.29, 1.82) is 0 Å². The van der Waals surface area contributed by atoms with E-state index in [9.17, 15) is 0 Å². The molecule has 0 saturated carbocycles. The van der Waals surface area contributed by atoms with Gasteiger partial charge in [-0.3, -0.25) is 0 Å². The van der Waals surface area contributed by atoms with E-state index in [0.717, 1.165) is 6.42 Å². The first-order valence-electron chi connectivity index (χ1n) is 10.4. The Labute approximate surface area is 162 Å². The Bertz CT molecular complexity index is 695. The average molecular weight is 350 g/mol. The van der Waals surface area contributed by atoms with E-state index in [1.165, 1.54) is 59.1 Å². The van der Waals surface area contributed by atoms with Gasteiger partial charge >= 0.3 is 0 Å².